The van der Waals surface area contributed by atoms with Gasteiger partial charge in [-0.1, -0.05) is 13.8 Å². The predicted octanol–water partition coefficient (Wildman–Crippen LogP) is 4.06. The summed E-state index contributed by atoms with van der Waals surface area (Å²) in [4.78, 5) is 17.0. The van der Waals surface area contributed by atoms with Gasteiger partial charge in [0.15, 0.2) is 0 Å². The Labute approximate surface area is 129 Å². The van der Waals surface area contributed by atoms with E-state index in [1.54, 1.807) is 6.20 Å². The number of nitrogens with zero attached hydrogens (tertiary/aromatic N) is 1. The minimum Gasteiger partial charge on any atom is -0.494 e. The van der Waals surface area contributed by atoms with Crippen LogP contribution in [0.2, 0.25) is 0 Å². The summed E-state index contributed by atoms with van der Waals surface area (Å²) < 4.78 is 5.58. The fourth-order valence-electron chi connectivity index (χ4n) is 1.85. The van der Waals surface area contributed by atoms with Crippen LogP contribution < -0.4 is 10.1 Å². The second-order valence-corrected chi connectivity index (χ2v) is 5.87. The number of amides is 1. The maximum absolute atomic E-state index is 12.2. The Morgan fingerprint density at radius 1 is 1.38 bits per heavy atom. The highest BCUT2D eigenvalue weighted by molar-refractivity contribution is 7.13. The van der Waals surface area contributed by atoms with Crippen LogP contribution in [-0.4, -0.2) is 17.5 Å². The van der Waals surface area contributed by atoms with Crippen molar-refractivity contribution in [3.63, 3.8) is 0 Å². The topological polar surface area (TPSA) is 51.2 Å². The summed E-state index contributed by atoms with van der Waals surface area (Å²) in [6.07, 6.45) is 3.45. The third-order valence-electron chi connectivity index (χ3n) is 3.00. The van der Waals surface area contributed by atoms with E-state index in [1.807, 2.05) is 32.0 Å². The molecule has 0 spiro atoms. The van der Waals surface area contributed by atoms with Crippen LogP contribution in [0.25, 0.3) is 0 Å². The van der Waals surface area contributed by atoms with E-state index < -0.39 is 0 Å². The molecule has 0 aliphatic carbocycles. The number of thiazole rings is 1. The number of nitrogens with one attached hydrogen (secondary N) is 1. The lowest BCUT2D eigenvalue weighted by molar-refractivity contribution is 0.103. The highest BCUT2D eigenvalue weighted by Gasteiger charge is 2.11. The Morgan fingerprint density at radius 3 is 2.81 bits per heavy atom. The van der Waals surface area contributed by atoms with E-state index in [4.69, 9.17) is 4.74 Å². The highest BCUT2D eigenvalue weighted by Crippen LogP contribution is 2.23. The van der Waals surface area contributed by atoms with Crippen LogP contribution in [0.4, 0.5) is 5.69 Å². The third kappa shape index (κ3) is 4.04. The summed E-state index contributed by atoms with van der Waals surface area (Å²) in [6.45, 7) is 6.76. The zero-order valence-electron chi connectivity index (χ0n) is 12.6. The van der Waals surface area contributed by atoms with Crippen LogP contribution >= 0.6 is 11.3 Å². The van der Waals surface area contributed by atoms with Gasteiger partial charge in [0.25, 0.3) is 5.91 Å². The van der Waals surface area contributed by atoms with Gasteiger partial charge in [-0.3, -0.25) is 4.79 Å². The molecule has 0 bridgehead atoms. The van der Waals surface area contributed by atoms with Crippen molar-refractivity contribution in [3.8, 4) is 5.75 Å². The normalized spacial score (nSPS) is 10.4. The first kappa shape index (κ1) is 15.5. The number of benzene rings is 1. The first-order valence-electron chi connectivity index (χ1n) is 7.13. The average molecular weight is 304 g/mol. The molecule has 1 amide bonds. The number of carbonyl (C=O) groups excluding carboxylic acids is 1. The lowest BCUT2D eigenvalue weighted by Crippen LogP contribution is -2.11. The van der Waals surface area contributed by atoms with E-state index in [0.717, 1.165) is 34.8 Å². The summed E-state index contributed by atoms with van der Waals surface area (Å²) in [6, 6.07) is 5.69. The summed E-state index contributed by atoms with van der Waals surface area (Å²) >= 11 is 1.43. The van der Waals surface area contributed by atoms with Gasteiger partial charge in [-0.15, -0.1) is 11.3 Å². The number of hydrogen-bond donors (Lipinski definition) is 1. The van der Waals surface area contributed by atoms with Crippen LogP contribution in [0, 0.1) is 6.92 Å². The molecule has 0 saturated heterocycles. The van der Waals surface area contributed by atoms with Gasteiger partial charge in [0.05, 0.1) is 17.8 Å². The molecule has 0 unspecified atom stereocenters. The summed E-state index contributed by atoms with van der Waals surface area (Å²) in [7, 11) is 0. The van der Waals surface area contributed by atoms with Crippen molar-refractivity contribution >= 4 is 22.9 Å². The van der Waals surface area contributed by atoms with Gasteiger partial charge in [0.2, 0.25) is 0 Å². The Morgan fingerprint density at radius 2 is 2.19 bits per heavy atom. The zero-order chi connectivity index (χ0) is 15.2. The molecule has 1 N–H and O–H groups in total. The molecule has 2 rings (SSSR count). The van der Waals surface area contributed by atoms with E-state index in [0.29, 0.717) is 11.5 Å². The smallest absolute Gasteiger partial charge is 0.267 e. The fraction of sp³-hybridized carbons (Fsp3) is 0.375. The number of anilines is 1. The molecule has 1 aromatic heterocycles. The Balaban J connectivity index is 2.06. The molecule has 2 aromatic rings. The van der Waals surface area contributed by atoms with Gasteiger partial charge in [0, 0.05) is 5.69 Å². The summed E-state index contributed by atoms with van der Waals surface area (Å²) in [5.41, 5.74) is 1.78. The lowest BCUT2D eigenvalue weighted by Gasteiger charge is -2.10. The van der Waals surface area contributed by atoms with Gasteiger partial charge >= 0.3 is 0 Å². The molecule has 5 heteroatoms. The lowest BCUT2D eigenvalue weighted by atomic mass is 10.2. The van der Waals surface area contributed by atoms with Crippen LogP contribution in [0.5, 0.6) is 5.75 Å². The Hall–Kier alpha value is -1.88. The zero-order valence-corrected chi connectivity index (χ0v) is 13.4. The standard InChI is InChI=1S/C16H20N2O2S/c1-4-8-20-12-6-7-13(11(3)9-12)18-16(19)14-10-17-15(5-2)21-14/h6-7,9-10H,4-5,8H2,1-3H3,(H,18,19). The van der Waals surface area contributed by atoms with Gasteiger partial charge in [-0.2, -0.15) is 0 Å². The second-order valence-electron chi connectivity index (χ2n) is 4.75. The maximum atomic E-state index is 12.2. The van der Waals surface area contributed by atoms with Crippen molar-refractivity contribution in [2.75, 3.05) is 11.9 Å². The molecule has 0 atom stereocenters. The van der Waals surface area contributed by atoms with E-state index in [1.165, 1.54) is 11.3 Å². The van der Waals surface area contributed by atoms with E-state index in [-0.39, 0.29) is 5.91 Å². The predicted molar refractivity (Wildman–Crippen MR) is 86.4 cm³/mol. The Bertz CT molecular complexity index is 622. The minimum absolute atomic E-state index is 0.113. The van der Waals surface area contributed by atoms with Crippen molar-refractivity contribution < 1.29 is 9.53 Å². The Kier molecular flexibility index (Phi) is 5.33. The van der Waals surface area contributed by atoms with E-state index in [9.17, 15) is 4.79 Å². The number of carbonyl (C=O) groups is 1. The third-order valence-corrected chi connectivity index (χ3v) is 4.14. The molecular formula is C16H20N2O2S. The fourth-order valence-corrected chi connectivity index (χ4v) is 2.60. The number of rotatable bonds is 6. The molecule has 112 valence electrons. The molecular weight excluding hydrogens is 284 g/mol. The SMILES string of the molecule is CCCOc1ccc(NC(=O)c2cnc(CC)s2)c(C)c1. The maximum Gasteiger partial charge on any atom is 0.267 e. The first-order valence-corrected chi connectivity index (χ1v) is 7.95. The van der Waals surface area contributed by atoms with Gasteiger partial charge in [-0.05, 0) is 43.5 Å². The summed E-state index contributed by atoms with van der Waals surface area (Å²) in [5, 5.41) is 3.90. The van der Waals surface area contributed by atoms with Crippen molar-refractivity contribution in [1.82, 2.24) is 4.98 Å². The van der Waals surface area contributed by atoms with Crippen LogP contribution in [0.1, 0.15) is 40.5 Å². The molecule has 1 aromatic carbocycles. The first-order chi connectivity index (χ1) is 10.1. The van der Waals surface area contributed by atoms with Crippen molar-refractivity contribution in [2.45, 2.75) is 33.6 Å². The molecule has 0 saturated carbocycles. The van der Waals surface area contributed by atoms with Gasteiger partial charge < -0.3 is 10.1 Å². The van der Waals surface area contributed by atoms with Crippen LogP contribution in [0.15, 0.2) is 24.4 Å². The molecule has 0 aliphatic rings. The number of aryl methyl sites for hydroxylation is 2. The van der Waals surface area contributed by atoms with E-state index in [2.05, 4.69) is 17.2 Å². The van der Waals surface area contributed by atoms with Gasteiger partial charge in [-0.25, -0.2) is 4.98 Å². The molecule has 0 fully saturated rings. The molecule has 1 heterocycles. The van der Waals surface area contributed by atoms with Crippen molar-refractivity contribution in [2.24, 2.45) is 0 Å². The highest BCUT2D eigenvalue weighted by atomic mass is 32.1. The monoisotopic (exact) mass is 304 g/mol. The minimum atomic E-state index is -0.113. The summed E-state index contributed by atoms with van der Waals surface area (Å²) in [5.74, 6) is 0.718. The number of hydrogen-bond acceptors (Lipinski definition) is 4. The molecule has 0 aliphatic heterocycles. The molecule has 4 nitrogen and oxygen atoms in total. The quantitative estimate of drug-likeness (QED) is 0.875. The number of aromatic nitrogens is 1. The van der Waals surface area contributed by atoms with Crippen molar-refractivity contribution in [1.29, 1.82) is 0 Å². The van der Waals surface area contributed by atoms with Gasteiger partial charge in [0.1, 0.15) is 10.6 Å². The van der Waals surface area contributed by atoms with Crippen LogP contribution in [-0.2, 0) is 6.42 Å². The number of ether oxygens (including phenoxy) is 1. The van der Waals surface area contributed by atoms with Crippen LogP contribution in [0.3, 0.4) is 0 Å². The largest absolute Gasteiger partial charge is 0.494 e. The molecule has 21 heavy (non-hydrogen) atoms. The molecule has 0 radical (unpaired) electrons. The van der Waals surface area contributed by atoms with E-state index >= 15 is 0 Å². The van der Waals surface area contributed by atoms with Crippen molar-refractivity contribution in [3.05, 3.63) is 39.8 Å². The second kappa shape index (κ2) is 7.22. The average Bonchev–Trinajstić information content (AvgIpc) is 2.96.